The third kappa shape index (κ3) is 5.88. The summed E-state index contributed by atoms with van der Waals surface area (Å²) in [6.07, 6.45) is 0.517. The van der Waals surface area contributed by atoms with Crippen LogP contribution < -0.4 is 10.2 Å². The molecule has 0 aromatic heterocycles. The summed E-state index contributed by atoms with van der Waals surface area (Å²) in [5.74, 6) is 0.826. The molecule has 0 saturated carbocycles. The van der Waals surface area contributed by atoms with E-state index in [1.165, 1.54) is 5.56 Å². The lowest BCUT2D eigenvalue weighted by atomic mass is 10.0. The maximum atomic E-state index is 11.8. The van der Waals surface area contributed by atoms with E-state index >= 15 is 0 Å². The lowest BCUT2D eigenvalue weighted by Crippen LogP contribution is -2.37. The second-order valence-corrected chi connectivity index (χ2v) is 6.36. The number of hydrogen-bond donors (Lipinski definition) is 1. The van der Waals surface area contributed by atoms with Crippen molar-refractivity contribution in [3.8, 4) is 0 Å². The van der Waals surface area contributed by atoms with Crippen LogP contribution in [0.2, 0.25) is 0 Å². The molecule has 122 valence electrons. The molecule has 22 heavy (non-hydrogen) atoms. The Labute approximate surface area is 133 Å². The van der Waals surface area contributed by atoms with Gasteiger partial charge in [0.1, 0.15) is 0 Å². The van der Waals surface area contributed by atoms with E-state index in [1.54, 1.807) is 11.8 Å². The summed E-state index contributed by atoms with van der Waals surface area (Å²) in [6, 6.07) is 8.03. The Balaban J connectivity index is 2.62. The second kappa shape index (κ2) is 8.57. The third-order valence-electron chi connectivity index (χ3n) is 3.50. The summed E-state index contributed by atoms with van der Waals surface area (Å²) < 4.78 is 0. The molecule has 1 aromatic rings. The number of nitrogens with zero attached hydrogens (tertiary/aromatic N) is 1. The van der Waals surface area contributed by atoms with Crippen molar-refractivity contribution in [3.05, 3.63) is 29.8 Å². The average Bonchev–Trinajstić information content (AvgIpc) is 2.42. The molecule has 0 unspecified atom stereocenters. The molecule has 0 saturated heterocycles. The number of anilines is 1. The van der Waals surface area contributed by atoms with Crippen molar-refractivity contribution in [2.75, 3.05) is 18.0 Å². The van der Waals surface area contributed by atoms with Gasteiger partial charge in [-0.25, -0.2) is 0 Å². The number of hydrogen-bond acceptors (Lipinski definition) is 2. The van der Waals surface area contributed by atoms with Crippen molar-refractivity contribution in [1.82, 2.24) is 5.32 Å². The summed E-state index contributed by atoms with van der Waals surface area (Å²) in [6.45, 7) is 10.8. The van der Waals surface area contributed by atoms with Crippen LogP contribution in [0.1, 0.15) is 52.5 Å². The Kier molecular flexibility index (Phi) is 7.09. The minimum atomic E-state index is -0.0181. The Morgan fingerprint density at radius 3 is 2.14 bits per heavy atom. The molecular weight excluding hydrogens is 276 g/mol. The maximum Gasteiger partial charge on any atom is 0.223 e. The lowest BCUT2D eigenvalue weighted by Gasteiger charge is -2.22. The molecule has 1 N–H and O–H groups in total. The van der Waals surface area contributed by atoms with Crippen molar-refractivity contribution in [1.29, 1.82) is 0 Å². The standard InChI is InChI=1S/C18H28N2O2/c1-13(2)12-18(22)19-10-11-20(15(5)21)17-8-6-16(7-9-17)14(3)4/h6-9,13-14H,10-12H2,1-5H3,(H,19,22). The average molecular weight is 304 g/mol. The van der Waals surface area contributed by atoms with Gasteiger partial charge in [-0.3, -0.25) is 9.59 Å². The first-order valence-corrected chi connectivity index (χ1v) is 7.96. The van der Waals surface area contributed by atoms with Gasteiger partial charge < -0.3 is 10.2 Å². The van der Waals surface area contributed by atoms with Gasteiger partial charge in [0, 0.05) is 32.1 Å². The second-order valence-electron chi connectivity index (χ2n) is 6.36. The Bertz CT molecular complexity index is 492. The molecule has 1 rings (SSSR count). The topological polar surface area (TPSA) is 49.4 Å². The van der Waals surface area contributed by atoms with Crippen LogP contribution in [0.15, 0.2) is 24.3 Å². The Morgan fingerprint density at radius 2 is 1.68 bits per heavy atom. The molecule has 0 aliphatic heterocycles. The van der Waals surface area contributed by atoms with Gasteiger partial charge in [-0.15, -0.1) is 0 Å². The van der Waals surface area contributed by atoms with E-state index in [4.69, 9.17) is 0 Å². The Hall–Kier alpha value is -1.84. The molecule has 0 bridgehead atoms. The fourth-order valence-electron chi connectivity index (χ4n) is 2.26. The highest BCUT2D eigenvalue weighted by Gasteiger charge is 2.12. The number of rotatable bonds is 7. The third-order valence-corrected chi connectivity index (χ3v) is 3.50. The molecule has 4 heteroatoms. The molecule has 0 aliphatic rings. The van der Waals surface area contributed by atoms with Crippen molar-refractivity contribution >= 4 is 17.5 Å². The molecule has 0 atom stereocenters. The van der Waals surface area contributed by atoms with E-state index in [1.807, 2.05) is 38.1 Å². The van der Waals surface area contributed by atoms with Gasteiger partial charge >= 0.3 is 0 Å². The monoisotopic (exact) mass is 304 g/mol. The normalized spacial score (nSPS) is 10.9. The summed E-state index contributed by atoms with van der Waals surface area (Å²) >= 11 is 0. The van der Waals surface area contributed by atoms with Crippen molar-refractivity contribution in [3.63, 3.8) is 0 Å². The number of carbonyl (C=O) groups is 2. The minimum Gasteiger partial charge on any atom is -0.354 e. The zero-order valence-corrected chi connectivity index (χ0v) is 14.3. The van der Waals surface area contributed by atoms with Gasteiger partial charge in [0.05, 0.1) is 0 Å². The maximum absolute atomic E-state index is 11.8. The summed E-state index contributed by atoms with van der Waals surface area (Å²) in [7, 11) is 0. The first kappa shape index (κ1) is 18.2. The summed E-state index contributed by atoms with van der Waals surface area (Å²) in [4.78, 5) is 25.2. The highest BCUT2D eigenvalue weighted by Crippen LogP contribution is 2.20. The van der Waals surface area contributed by atoms with E-state index < -0.39 is 0 Å². The molecular formula is C18H28N2O2. The van der Waals surface area contributed by atoms with Crippen LogP contribution in [0, 0.1) is 5.92 Å². The largest absolute Gasteiger partial charge is 0.354 e. The van der Waals surface area contributed by atoms with E-state index in [0.29, 0.717) is 31.3 Å². The molecule has 0 radical (unpaired) electrons. The van der Waals surface area contributed by atoms with Gasteiger partial charge in [-0.2, -0.15) is 0 Å². The SMILES string of the molecule is CC(=O)N(CCNC(=O)CC(C)C)c1ccc(C(C)C)cc1. The van der Waals surface area contributed by atoms with Gasteiger partial charge in [-0.1, -0.05) is 39.8 Å². The van der Waals surface area contributed by atoms with Gasteiger partial charge in [0.25, 0.3) is 0 Å². The fraction of sp³-hybridized carbons (Fsp3) is 0.556. The van der Waals surface area contributed by atoms with E-state index in [-0.39, 0.29) is 11.8 Å². The van der Waals surface area contributed by atoms with Crippen LogP contribution in [0.4, 0.5) is 5.69 Å². The predicted molar refractivity (Wildman–Crippen MR) is 91.0 cm³/mol. The van der Waals surface area contributed by atoms with Crippen LogP contribution in [-0.4, -0.2) is 24.9 Å². The summed E-state index contributed by atoms with van der Waals surface area (Å²) in [5, 5.41) is 2.87. The van der Waals surface area contributed by atoms with Crippen LogP contribution in [0.3, 0.4) is 0 Å². The van der Waals surface area contributed by atoms with Crippen LogP contribution >= 0.6 is 0 Å². The lowest BCUT2D eigenvalue weighted by molar-refractivity contribution is -0.122. The molecule has 0 aliphatic carbocycles. The number of nitrogens with one attached hydrogen (secondary N) is 1. The molecule has 1 aromatic carbocycles. The number of amides is 2. The van der Waals surface area contributed by atoms with Crippen molar-refractivity contribution in [2.45, 2.75) is 47.0 Å². The fourth-order valence-corrected chi connectivity index (χ4v) is 2.26. The highest BCUT2D eigenvalue weighted by atomic mass is 16.2. The first-order chi connectivity index (χ1) is 10.3. The predicted octanol–water partition coefficient (Wildman–Crippen LogP) is 3.33. The van der Waals surface area contributed by atoms with Crippen molar-refractivity contribution in [2.24, 2.45) is 5.92 Å². The molecule has 0 heterocycles. The first-order valence-electron chi connectivity index (χ1n) is 7.96. The van der Waals surface area contributed by atoms with Gasteiger partial charge in [0.15, 0.2) is 0 Å². The molecule has 0 spiro atoms. The number of benzene rings is 1. The van der Waals surface area contributed by atoms with E-state index in [2.05, 4.69) is 19.2 Å². The van der Waals surface area contributed by atoms with E-state index in [0.717, 1.165) is 5.69 Å². The molecule has 4 nitrogen and oxygen atoms in total. The van der Waals surface area contributed by atoms with Crippen LogP contribution in [0.25, 0.3) is 0 Å². The van der Waals surface area contributed by atoms with Crippen molar-refractivity contribution < 1.29 is 9.59 Å². The van der Waals surface area contributed by atoms with Crippen LogP contribution in [0.5, 0.6) is 0 Å². The zero-order chi connectivity index (χ0) is 16.7. The Morgan fingerprint density at radius 1 is 1.09 bits per heavy atom. The zero-order valence-electron chi connectivity index (χ0n) is 14.3. The van der Waals surface area contributed by atoms with Gasteiger partial charge in [-0.05, 0) is 29.5 Å². The van der Waals surface area contributed by atoms with Crippen LogP contribution in [-0.2, 0) is 9.59 Å². The smallest absolute Gasteiger partial charge is 0.223 e. The minimum absolute atomic E-state index is 0.0181. The molecule has 0 fully saturated rings. The highest BCUT2D eigenvalue weighted by molar-refractivity contribution is 5.91. The quantitative estimate of drug-likeness (QED) is 0.840. The van der Waals surface area contributed by atoms with E-state index in [9.17, 15) is 9.59 Å². The van der Waals surface area contributed by atoms with Gasteiger partial charge in [0.2, 0.25) is 11.8 Å². The number of carbonyl (C=O) groups excluding carboxylic acids is 2. The summed E-state index contributed by atoms with van der Waals surface area (Å²) in [5.41, 5.74) is 2.12. The molecule has 2 amide bonds.